The molecule has 8 heteroatoms. The van der Waals surface area contributed by atoms with Gasteiger partial charge in [-0.05, 0) is 84.1 Å². The molecule has 0 spiro atoms. The van der Waals surface area contributed by atoms with Gasteiger partial charge >= 0.3 is 0 Å². The fraction of sp³-hybridized carbons (Fsp3) is 0.708. The summed E-state index contributed by atoms with van der Waals surface area (Å²) in [6.07, 6.45) is 3.70. The Hall–Kier alpha value is -1.64. The van der Waals surface area contributed by atoms with Crippen LogP contribution in [0.5, 0.6) is 0 Å². The molecule has 1 aliphatic heterocycles. The van der Waals surface area contributed by atoms with E-state index in [0.717, 1.165) is 24.5 Å². The number of rotatable bonds is 7. The van der Waals surface area contributed by atoms with Gasteiger partial charge in [0.25, 0.3) is 0 Å². The van der Waals surface area contributed by atoms with E-state index >= 15 is 0 Å². The van der Waals surface area contributed by atoms with E-state index in [-0.39, 0.29) is 30.1 Å². The Balaban J connectivity index is 1.50. The van der Waals surface area contributed by atoms with Gasteiger partial charge in [-0.15, -0.1) is 0 Å². The fourth-order valence-corrected chi connectivity index (χ4v) is 5.80. The Morgan fingerprint density at radius 1 is 1.06 bits per heavy atom. The second-order valence-electron chi connectivity index (χ2n) is 9.98. The van der Waals surface area contributed by atoms with E-state index in [1.807, 2.05) is 31.2 Å². The molecule has 2 atom stereocenters. The minimum atomic E-state index is -3.38. The highest BCUT2D eigenvalue weighted by atomic mass is 32.2. The van der Waals surface area contributed by atoms with E-state index in [0.29, 0.717) is 32.1 Å². The second-order valence-corrected chi connectivity index (χ2v) is 12.3. The average molecular weight is 466 g/mol. The number of hydrogen-bond donors (Lipinski definition) is 2. The van der Waals surface area contributed by atoms with Crippen molar-refractivity contribution >= 4 is 27.3 Å². The number of ether oxygens (including phenoxy) is 1. The third-order valence-electron chi connectivity index (χ3n) is 6.92. The van der Waals surface area contributed by atoms with Gasteiger partial charge in [-0.25, -0.2) is 13.1 Å². The van der Waals surface area contributed by atoms with Crippen molar-refractivity contribution in [2.45, 2.75) is 89.7 Å². The molecule has 7 nitrogen and oxygen atoms in total. The van der Waals surface area contributed by atoms with Crippen molar-refractivity contribution in [3.63, 3.8) is 0 Å². The Kier molecular flexibility index (Phi) is 7.89. The summed E-state index contributed by atoms with van der Waals surface area (Å²) in [5, 5.41) is 3.04. The van der Waals surface area contributed by atoms with Gasteiger partial charge in [-0.2, -0.15) is 0 Å². The molecule has 32 heavy (non-hydrogen) atoms. The number of nitrogens with zero attached hydrogens (tertiary/aromatic N) is 1. The smallest absolute Gasteiger partial charge is 0.227 e. The lowest BCUT2D eigenvalue weighted by Gasteiger charge is -2.37. The molecule has 180 valence electrons. The summed E-state index contributed by atoms with van der Waals surface area (Å²) in [7, 11) is -3.38. The molecule has 1 saturated carbocycles. The molecule has 1 heterocycles. The Morgan fingerprint density at radius 3 is 2.16 bits per heavy atom. The van der Waals surface area contributed by atoms with Gasteiger partial charge in [-0.1, -0.05) is 6.92 Å². The number of anilines is 2. The summed E-state index contributed by atoms with van der Waals surface area (Å²) < 4.78 is 33.1. The maximum absolute atomic E-state index is 12.8. The normalized spacial score (nSPS) is 27.2. The topological polar surface area (TPSA) is 87.7 Å². The Morgan fingerprint density at radius 2 is 1.62 bits per heavy atom. The van der Waals surface area contributed by atoms with Crippen molar-refractivity contribution < 1.29 is 17.9 Å². The largest absolute Gasteiger partial charge is 0.372 e. The zero-order valence-electron chi connectivity index (χ0n) is 20.1. The quantitative estimate of drug-likeness (QED) is 0.638. The number of carbonyl (C=O) groups excluding carboxylic acids is 1. The molecule has 0 bridgehead atoms. The van der Waals surface area contributed by atoms with Crippen molar-refractivity contribution in [2.24, 2.45) is 5.92 Å². The third kappa shape index (κ3) is 6.02. The lowest BCUT2D eigenvalue weighted by molar-refractivity contribution is -0.120. The zero-order valence-corrected chi connectivity index (χ0v) is 20.9. The van der Waals surface area contributed by atoms with E-state index in [9.17, 15) is 13.2 Å². The van der Waals surface area contributed by atoms with Crippen molar-refractivity contribution in [1.29, 1.82) is 0 Å². The summed E-state index contributed by atoms with van der Waals surface area (Å²) in [4.78, 5) is 15.1. The molecule has 2 fully saturated rings. The fourth-order valence-electron chi connectivity index (χ4n) is 4.43. The van der Waals surface area contributed by atoms with Gasteiger partial charge in [0.05, 0.1) is 17.0 Å². The van der Waals surface area contributed by atoms with Gasteiger partial charge in [0.1, 0.15) is 0 Å². The van der Waals surface area contributed by atoms with Crippen molar-refractivity contribution in [2.75, 3.05) is 23.3 Å². The molecular weight excluding hydrogens is 426 g/mol. The first kappa shape index (κ1) is 25.0. The zero-order chi connectivity index (χ0) is 23.5. The molecule has 0 aromatic heterocycles. The van der Waals surface area contributed by atoms with E-state index in [1.54, 1.807) is 13.8 Å². The lowest BCUT2D eigenvalue weighted by atomic mass is 9.86. The van der Waals surface area contributed by atoms with Gasteiger partial charge in [0.2, 0.25) is 15.9 Å². The van der Waals surface area contributed by atoms with Crippen LogP contribution in [0.1, 0.15) is 66.7 Å². The van der Waals surface area contributed by atoms with Crippen LogP contribution in [0.15, 0.2) is 24.3 Å². The molecule has 1 saturated heterocycles. The van der Waals surface area contributed by atoms with Crippen LogP contribution < -0.4 is 14.9 Å². The van der Waals surface area contributed by atoms with Crippen molar-refractivity contribution in [3.05, 3.63) is 24.3 Å². The first-order valence-corrected chi connectivity index (χ1v) is 13.3. The molecule has 1 aromatic carbocycles. The maximum atomic E-state index is 12.8. The standard InChI is InChI=1S/C24H39N3O4S/c1-6-24(4,5)32(29,30)26-21-9-7-19(8-10-21)23(28)25-20-11-13-22(14-12-20)27-15-17(2)31-18(3)16-27/h11-14,17-19,21,26H,6-10,15-16H2,1-5H3,(H,25,28)/t17-,18+,19-,21-. The Bertz CT molecular complexity index is 867. The molecule has 0 unspecified atom stereocenters. The number of amides is 1. The molecule has 1 aliphatic carbocycles. The maximum Gasteiger partial charge on any atom is 0.227 e. The highest BCUT2D eigenvalue weighted by molar-refractivity contribution is 7.90. The number of carbonyl (C=O) groups is 1. The summed E-state index contributed by atoms with van der Waals surface area (Å²) in [5.74, 6) is -0.0721. The molecule has 0 radical (unpaired) electrons. The molecular formula is C24H39N3O4S. The second kappa shape index (κ2) is 10.1. The van der Waals surface area contributed by atoms with Crippen LogP contribution in [0.4, 0.5) is 11.4 Å². The van der Waals surface area contributed by atoms with Gasteiger partial charge < -0.3 is 15.0 Å². The highest BCUT2D eigenvalue weighted by Crippen LogP contribution is 2.29. The van der Waals surface area contributed by atoms with Crippen LogP contribution in [0, 0.1) is 5.92 Å². The van der Waals surface area contributed by atoms with Gasteiger partial charge in [0, 0.05) is 36.4 Å². The summed E-state index contributed by atoms with van der Waals surface area (Å²) in [6.45, 7) is 11.3. The van der Waals surface area contributed by atoms with E-state index in [2.05, 4.69) is 28.8 Å². The van der Waals surface area contributed by atoms with Crippen LogP contribution >= 0.6 is 0 Å². The van der Waals surface area contributed by atoms with Gasteiger partial charge in [0.15, 0.2) is 0 Å². The summed E-state index contributed by atoms with van der Waals surface area (Å²) >= 11 is 0. The van der Waals surface area contributed by atoms with Crippen LogP contribution in [-0.2, 0) is 19.6 Å². The molecule has 1 amide bonds. The van der Waals surface area contributed by atoms with Gasteiger partial charge in [-0.3, -0.25) is 4.79 Å². The molecule has 2 N–H and O–H groups in total. The van der Waals surface area contributed by atoms with E-state index in [4.69, 9.17) is 4.74 Å². The van der Waals surface area contributed by atoms with Crippen LogP contribution in [0.2, 0.25) is 0 Å². The predicted molar refractivity (Wildman–Crippen MR) is 129 cm³/mol. The van der Waals surface area contributed by atoms with Crippen molar-refractivity contribution in [3.8, 4) is 0 Å². The minimum absolute atomic E-state index is 0.0153. The molecule has 3 rings (SSSR count). The lowest BCUT2D eigenvalue weighted by Crippen LogP contribution is -2.47. The first-order chi connectivity index (χ1) is 15.0. The predicted octanol–water partition coefficient (Wildman–Crippen LogP) is 3.91. The Labute approximate surface area is 193 Å². The number of hydrogen-bond acceptors (Lipinski definition) is 5. The third-order valence-corrected chi connectivity index (χ3v) is 9.31. The van der Waals surface area contributed by atoms with Crippen molar-refractivity contribution in [1.82, 2.24) is 4.72 Å². The highest BCUT2D eigenvalue weighted by Gasteiger charge is 2.36. The molecule has 2 aliphatic rings. The summed E-state index contributed by atoms with van der Waals surface area (Å²) in [6, 6.07) is 7.89. The average Bonchev–Trinajstić information content (AvgIpc) is 2.73. The van der Waals surface area contributed by atoms with Crippen LogP contribution in [-0.4, -0.2) is 50.4 Å². The first-order valence-electron chi connectivity index (χ1n) is 11.8. The van der Waals surface area contributed by atoms with E-state index < -0.39 is 14.8 Å². The monoisotopic (exact) mass is 465 g/mol. The number of sulfonamides is 1. The number of nitrogens with one attached hydrogen (secondary N) is 2. The summed E-state index contributed by atoms with van der Waals surface area (Å²) in [5.41, 5.74) is 1.92. The van der Waals surface area contributed by atoms with Crippen LogP contribution in [0.3, 0.4) is 0 Å². The SMILES string of the molecule is CCC(C)(C)S(=O)(=O)N[C@H]1CC[C@H](C(=O)Nc2ccc(N3C[C@@H](C)O[C@@H](C)C3)cc2)CC1. The minimum Gasteiger partial charge on any atom is -0.372 e. The van der Waals surface area contributed by atoms with E-state index in [1.165, 1.54) is 0 Å². The van der Waals surface area contributed by atoms with Crippen LogP contribution in [0.25, 0.3) is 0 Å². The number of benzene rings is 1. The molecule has 1 aromatic rings. The number of morpholine rings is 1.